The summed E-state index contributed by atoms with van der Waals surface area (Å²) in [4.78, 5) is 11.6. The van der Waals surface area contributed by atoms with Gasteiger partial charge < -0.3 is 10.2 Å². The van der Waals surface area contributed by atoms with Crippen LogP contribution in [0.2, 0.25) is 0 Å². The van der Waals surface area contributed by atoms with Gasteiger partial charge >= 0.3 is 0 Å². The standard InChI is InChI=1S/C16H22N4/c1-2-20(12-13-7-9-17-10-8-13)16-18-11-14-5-3-4-6-15(14)19-16/h3-6,11,13,17H,2,7-10,12H2,1H3. The highest BCUT2D eigenvalue weighted by molar-refractivity contribution is 5.78. The van der Waals surface area contributed by atoms with Crippen LogP contribution in [0.3, 0.4) is 0 Å². The van der Waals surface area contributed by atoms with Crippen molar-refractivity contribution in [1.29, 1.82) is 0 Å². The number of rotatable bonds is 4. The van der Waals surface area contributed by atoms with E-state index in [1.54, 1.807) is 0 Å². The van der Waals surface area contributed by atoms with Crippen LogP contribution in [0.5, 0.6) is 0 Å². The molecule has 4 heteroatoms. The zero-order valence-corrected chi connectivity index (χ0v) is 12.0. The maximum atomic E-state index is 4.71. The lowest BCUT2D eigenvalue weighted by Crippen LogP contribution is -2.36. The van der Waals surface area contributed by atoms with E-state index in [1.807, 2.05) is 18.3 Å². The second kappa shape index (κ2) is 6.18. The first kappa shape index (κ1) is 13.3. The van der Waals surface area contributed by atoms with Gasteiger partial charge in [0.1, 0.15) is 0 Å². The predicted molar refractivity (Wildman–Crippen MR) is 83.0 cm³/mol. The van der Waals surface area contributed by atoms with Crippen LogP contribution in [0.4, 0.5) is 5.95 Å². The monoisotopic (exact) mass is 270 g/mol. The Bertz CT molecular complexity index is 563. The number of anilines is 1. The van der Waals surface area contributed by atoms with Crippen LogP contribution in [0.25, 0.3) is 10.9 Å². The summed E-state index contributed by atoms with van der Waals surface area (Å²) < 4.78 is 0. The summed E-state index contributed by atoms with van der Waals surface area (Å²) in [6.45, 7) is 6.49. The number of hydrogen-bond donors (Lipinski definition) is 1. The molecule has 0 aliphatic carbocycles. The minimum Gasteiger partial charge on any atom is -0.341 e. The summed E-state index contributed by atoms with van der Waals surface area (Å²) >= 11 is 0. The number of para-hydroxylation sites is 1. The molecule has 0 unspecified atom stereocenters. The van der Waals surface area contributed by atoms with Crippen molar-refractivity contribution in [2.24, 2.45) is 5.92 Å². The molecule has 1 aliphatic heterocycles. The Morgan fingerprint density at radius 2 is 2.05 bits per heavy atom. The average molecular weight is 270 g/mol. The molecule has 0 saturated carbocycles. The summed E-state index contributed by atoms with van der Waals surface area (Å²) in [5, 5.41) is 4.53. The second-order valence-corrected chi connectivity index (χ2v) is 5.46. The van der Waals surface area contributed by atoms with Crippen LogP contribution < -0.4 is 10.2 Å². The lowest BCUT2D eigenvalue weighted by molar-refractivity contribution is 0.373. The molecular formula is C16H22N4. The van der Waals surface area contributed by atoms with Gasteiger partial charge in [0.05, 0.1) is 5.52 Å². The Labute approximate surface area is 120 Å². The number of benzene rings is 1. The molecule has 2 heterocycles. The van der Waals surface area contributed by atoms with Gasteiger partial charge in [0.25, 0.3) is 0 Å². The summed E-state index contributed by atoms with van der Waals surface area (Å²) in [7, 11) is 0. The van der Waals surface area contributed by atoms with Crippen molar-refractivity contribution < 1.29 is 0 Å². The molecule has 3 rings (SSSR count). The van der Waals surface area contributed by atoms with Gasteiger partial charge in [-0.15, -0.1) is 0 Å². The highest BCUT2D eigenvalue weighted by Crippen LogP contribution is 2.19. The molecule has 2 aromatic rings. The molecule has 0 radical (unpaired) electrons. The largest absolute Gasteiger partial charge is 0.341 e. The predicted octanol–water partition coefficient (Wildman–Crippen LogP) is 2.46. The van der Waals surface area contributed by atoms with Crippen molar-refractivity contribution in [2.45, 2.75) is 19.8 Å². The fourth-order valence-corrected chi connectivity index (χ4v) is 2.84. The van der Waals surface area contributed by atoms with E-state index in [2.05, 4.69) is 34.3 Å². The van der Waals surface area contributed by atoms with Gasteiger partial charge in [-0.3, -0.25) is 0 Å². The SMILES string of the molecule is CCN(CC1CCNCC1)c1ncc2ccccc2n1. The van der Waals surface area contributed by atoms with E-state index in [4.69, 9.17) is 4.98 Å². The van der Waals surface area contributed by atoms with Crippen LogP contribution in [-0.2, 0) is 0 Å². The van der Waals surface area contributed by atoms with E-state index in [0.29, 0.717) is 0 Å². The van der Waals surface area contributed by atoms with Gasteiger partial charge in [-0.05, 0) is 44.8 Å². The summed E-state index contributed by atoms with van der Waals surface area (Å²) in [6.07, 6.45) is 4.44. The molecule has 1 saturated heterocycles. The van der Waals surface area contributed by atoms with Crippen molar-refractivity contribution in [3.8, 4) is 0 Å². The molecule has 0 amide bonds. The van der Waals surface area contributed by atoms with Crippen LogP contribution in [-0.4, -0.2) is 36.1 Å². The molecule has 4 nitrogen and oxygen atoms in total. The molecule has 1 aromatic heterocycles. The van der Waals surface area contributed by atoms with Gasteiger partial charge in [-0.25, -0.2) is 9.97 Å². The third-order valence-corrected chi connectivity index (χ3v) is 4.08. The van der Waals surface area contributed by atoms with E-state index in [9.17, 15) is 0 Å². The maximum absolute atomic E-state index is 4.71. The van der Waals surface area contributed by atoms with Gasteiger partial charge in [0.2, 0.25) is 5.95 Å². The molecule has 0 bridgehead atoms. The van der Waals surface area contributed by atoms with Crippen LogP contribution in [0.15, 0.2) is 30.5 Å². The smallest absolute Gasteiger partial charge is 0.225 e. The molecule has 1 fully saturated rings. The zero-order chi connectivity index (χ0) is 13.8. The van der Waals surface area contributed by atoms with Gasteiger partial charge in [-0.1, -0.05) is 18.2 Å². The fourth-order valence-electron chi connectivity index (χ4n) is 2.84. The van der Waals surface area contributed by atoms with Gasteiger partial charge in [0.15, 0.2) is 0 Å². The molecule has 0 atom stereocenters. The van der Waals surface area contributed by atoms with Crippen molar-refractivity contribution in [1.82, 2.24) is 15.3 Å². The van der Waals surface area contributed by atoms with E-state index in [1.165, 1.54) is 12.8 Å². The van der Waals surface area contributed by atoms with Crippen LogP contribution in [0.1, 0.15) is 19.8 Å². The van der Waals surface area contributed by atoms with E-state index in [-0.39, 0.29) is 0 Å². The maximum Gasteiger partial charge on any atom is 0.225 e. The summed E-state index contributed by atoms with van der Waals surface area (Å²) in [5.74, 6) is 1.62. The highest BCUT2D eigenvalue weighted by atomic mass is 15.2. The lowest BCUT2D eigenvalue weighted by Gasteiger charge is -2.29. The second-order valence-electron chi connectivity index (χ2n) is 5.46. The number of nitrogens with zero attached hydrogens (tertiary/aromatic N) is 3. The third-order valence-electron chi connectivity index (χ3n) is 4.08. The minimum absolute atomic E-state index is 0.756. The van der Waals surface area contributed by atoms with Crippen molar-refractivity contribution in [2.75, 3.05) is 31.1 Å². The quantitative estimate of drug-likeness (QED) is 0.926. The Morgan fingerprint density at radius 3 is 2.85 bits per heavy atom. The number of fused-ring (bicyclic) bond motifs is 1. The van der Waals surface area contributed by atoms with Gasteiger partial charge in [0, 0.05) is 24.7 Å². The molecular weight excluding hydrogens is 248 g/mol. The minimum atomic E-state index is 0.756. The molecule has 0 spiro atoms. The van der Waals surface area contributed by atoms with Gasteiger partial charge in [-0.2, -0.15) is 0 Å². The molecule has 106 valence electrons. The Balaban J connectivity index is 1.79. The molecule has 1 aliphatic rings. The van der Waals surface area contributed by atoms with Crippen molar-refractivity contribution in [3.63, 3.8) is 0 Å². The topological polar surface area (TPSA) is 41.0 Å². The summed E-state index contributed by atoms with van der Waals surface area (Å²) in [6, 6.07) is 8.17. The Kier molecular flexibility index (Phi) is 4.11. The van der Waals surface area contributed by atoms with Crippen molar-refractivity contribution in [3.05, 3.63) is 30.5 Å². The summed E-state index contributed by atoms with van der Waals surface area (Å²) in [5.41, 5.74) is 1.03. The first-order valence-electron chi connectivity index (χ1n) is 7.54. The zero-order valence-electron chi connectivity index (χ0n) is 12.0. The van der Waals surface area contributed by atoms with Crippen LogP contribution >= 0.6 is 0 Å². The van der Waals surface area contributed by atoms with E-state index in [0.717, 1.165) is 48.9 Å². The Hall–Kier alpha value is -1.68. The third kappa shape index (κ3) is 2.90. The van der Waals surface area contributed by atoms with E-state index < -0.39 is 0 Å². The molecule has 20 heavy (non-hydrogen) atoms. The lowest BCUT2D eigenvalue weighted by atomic mass is 9.98. The first-order chi connectivity index (χ1) is 9.86. The fraction of sp³-hybridized carbons (Fsp3) is 0.500. The van der Waals surface area contributed by atoms with E-state index >= 15 is 0 Å². The molecule has 1 aromatic carbocycles. The number of aromatic nitrogens is 2. The normalized spacial score (nSPS) is 16.4. The highest BCUT2D eigenvalue weighted by Gasteiger charge is 2.18. The number of piperidine rings is 1. The van der Waals surface area contributed by atoms with Crippen LogP contribution in [0, 0.1) is 5.92 Å². The Morgan fingerprint density at radius 1 is 1.25 bits per heavy atom. The number of hydrogen-bond acceptors (Lipinski definition) is 4. The first-order valence-corrected chi connectivity index (χ1v) is 7.54. The average Bonchev–Trinajstić information content (AvgIpc) is 2.53. The number of nitrogens with one attached hydrogen (secondary N) is 1. The molecule has 1 N–H and O–H groups in total. The van der Waals surface area contributed by atoms with Crippen molar-refractivity contribution >= 4 is 16.9 Å².